The highest BCUT2D eigenvalue weighted by molar-refractivity contribution is 7.98. The minimum Gasteiger partial charge on any atom is -0.336 e. The molecule has 1 amide bonds. The molecule has 0 unspecified atom stereocenters. The van der Waals surface area contributed by atoms with Crippen LogP contribution in [0.1, 0.15) is 17.3 Å². The third-order valence-electron chi connectivity index (χ3n) is 3.62. The number of piperazine rings is 1. The SMILES string of the molecule is CCS(=O)(=O)N1CCN(C(=O)c2ccc(SC)cc2)CC1. The van der Waals surface area contributed by atoms with Crippen LogP contribution in [-0.4, -0.2) is 61.7 Å². The molecule has 0 saturated carbocycles. The quantitative estimate of drug-likeness (QED) is 0.786. The van der Waals surface area contributed by atoms with E-state index in [1.807, 2.05) is 30.5 Å². The smallest absolute Gasteiger partial charge is 0.253 e. The van der Waals surface area contributed by atoms with E-state index in [2.05, 4.69) is 0 Å². The Balaban J connectivity index is 1.99. The van der Waals surface area contributed by atoms with Gasteiger partial charge in [-0.25, -0.2) is 8.42 Å². The van der Waals surface area contributed by atoms with Crippen LogP contribution >= 0.6 is 11.8 Å². The highest BCUT2D eigenvalue weighted by atomic mass is 32.2. The van der Waals surface area contributed by atoms with E-state index in [0.717, 1.165) is 4.90 Å². The van der Waals surface area contributed by atoms with Gasteiger partial charge in [-0.15, -0.1) is 11.8 Å². The zero-order valence-corrected chi connectivity index (χ0v) is 13.9. The van der Waals surface area contributed by atoms with Crippen LogP contribution in [0.5, 0.6) is 0 Å². The molecule has 5 nitrogen and oxygen atoms in total. The Hall–Kier alpha value is -1.05. The molecule has 0 aromatic heterocycles. The van der Waals surface area contributed by atoms with Gasteiger partial charge in [0.15, 0.2) is 0 Å². The third-order valence-corrected chi connectivity index (χ3v) is 6.25. The molecule has 1 aromatic carbocycles. The lowest BCUT2D eigenvalue weighted by atomic mass is 10.2. The summed E-state index contributed by atoms with van der Waals surface area (Å²) < 4.78 is 25.0. The van der Waals surface area contributed by atoms with Gasteiger partial charge in [0.05, 0.1) is 5.75 Å². The molecule has 0 spiro atoms. The van der Waals surface area contributed by atoms with E-state index in [-0.39, 0.29) is 11.7 Å². The van der Waals surface area contributed by atoms with Crippen LogP contribution in [0.3, 0.4) is 0 Å². The Labute approximate surface area is 130 Å². The van der Waals surface area contributed by atoms with Gasteiger partial charge in [-0.3, -0.25) is 4.79 Å². The van der Waals surface area contributed by atoms with Crippen molar-refractivity contribution in [2.75, 3.05) is 38.2 Å². The van der Waals surface area contributed by atoms with Crippen LogP contribution < -0.4 is 0 Å². The van der Waals surface area contributed by atoms with Crippen molar-refractivity contribution < 1.29 is 13.2 Å². The average molecular weight is 328 g/mol. The topological polar surface area (TPSA) is 57.7 Å². The second kappa shape index (κ2) is 6.81. The van der Waals surface area contributed by atoms with Crippen LogP contribution in [0, 0.1) is 0 Å². The summed E-state index contributed by atoms with van der Waals surface area (Å²) in [7, 11) is -3.15. The number of amides is 1. The highest BCUT2D eigenvalue weighted by Gasteiger charge is 2.27. The van der Waals surface area contributed by atoms with Crippen molar-refractivity contribution in [2.24, 2.45) is 0 Å². The maximum atomic E-state index is 12.4. The Morgan fingerprint density at radius 3 is 2.19 bits per heavy atom. The molecular formula is C14H20N2O3S2. The Morgan fingerprint density at radius 2 is 1.71 bits per heavy atom. The number of benzene rings is 1. The number of sulfonamides is 1. The molecule has 0 N–H and O–H groups in total. The van der Waals surface area contributed by atoms with Gasteiger partial charge in [-0.2, -0.15) is 4.31 Å². The number of nitrogens with zero attached hydrogens (tertiary/aromatic N) is 2. The van der Waals surface area contributed by atoms with Crippen molar-refractivity contribution in [3.8, 4) is 0 Å². The lowest BCUT2D eigenvalue weighted by molar-refractivity contribution is 0.0698. The lowest BCUT2D eigenvalue weighted by Crippen LogP contribution is -2.50. The van der Waals surface area contributed by atoms with Gasteiger partial charge in [0.1, 0.15) is 0 Å². The number of carbonyl (C=O) groups is 1. The van der Waals surface area contributed by atoms with Gasteiger partial charge in [0, 0.05) is 36.6 Å². The molecule has 1 fully saturated rings. The van der Waals surface area contributed by atoms with E-state index >= 15 is 0 Å². The number of thioether (sulfide) groups is 1. The summed E-state index contributed by atoms with van der Waals surface area (Å²) in [4.78, 5) is 15.2. The van der Waals surface area contributed by atoms with Crippen molar-refractivity contribution in [3.05, 3.63) is 29.8 Å². The van der Waals surface area contributed by atoms with E-state index in [4.69, 9.17) is 0 Å². The predicted molar refractivity (Wildman–Crippen MR) is 85.2 cm³/mol. The van der Waals surface area contributed by atoms with Gasteiger partial charge >= 0.3 is 0 Å². The Bertz CT molecular complexity index is 591. The minimum atomic E-state index is -3.15. The first-order chi connectivity index (χ1) is 9.97. The molecule has 7 heteroatoms. The fourth-order valence-electron chi connectivity index (χ4n) is 2.27. The molecule has 1 aliphatic heterocycles. The van der Waals surface area contributed by atoms with Crippen LogP contribution in [0.4, 0.5) is 0 Å². The van der Waals surface area contributed by atoms with E-state index in [1.54, 1.807) is 23.6 Å². The first-order valence-electron chi connectivity index (χ1n) is 6.89. The van der Waals surface area contributed by atoms with Crippen molar-refractivity contribution >= 4 is 27.7 Å². The summed E-state index contributed by atoms with van der Waals surface area (Å²) in [5, 5.41) is 0. The van der Waals surface area contributed by atoms with Crippen LogP contribution in [0.15, 0.2) is 29.2 Å². The fourth-order valence-corrected chi connectivity index (χ4v) is 3.76. The molecule has 21 heavy (non-hydrogen) atoms. The van der Waals surface area contributed by atoms with Crippen molar-refractivity contribution in [3.63, 3.8) is 0 Å². The maximum Gasteiger partial charge on any atom is 0.253 e. The first-order valence-corrected chi connectivity index (χ1v) is 9.72. The molecule has 1 saturated heterocycles. The molecule has 1 aromatic rings. The molecular weight excluding hydrogens is 308 g/mol. The third kappa shape index (κ3) is 3.78. The summed E-state index contributed by atoms with van der Waals surface area (Å²) in [5.74, 6) is 0.0769. The number of hydrogen-bond acceptors (Lipinski definition) is 4. The molecule has 0 aliphatic carbocycles. The molecule has 1 heterocycles. The van der Waals surface area contributed by atoms with Crippen molar-refractivity contribution in [1.29, 1.82) is 0 Å². The summed E-state index contributed by atoms with van der Waals surface area (Å²) in [6.45, 7) is 3.29. The van der Waals surface area contributed by atoms with Crippen molar-refractivity contribution in [2.45, 2.75) is 11.8 Å². The molecule has 0 atom stereocenters. The monoisotopic (exact) mass is 328 g/mol. The zero-order valence-electron chi connectivity index (χ0n) is 12.3. The fraction of sp³-hybridized carbons (Fsp3) is 0.500. The Morgan fingerprint density at radius 1 is 1.14 bits per heavy atom. The van der Waals surface area contributed by atoms with Gasteiger partial charge in [0.2, 0.25) is 10.0 Å². The summed E-state index contributed by atoms with van der Waals surface area (Å²) in [6.07, 6.45) is 1.99. The number of rotatable bonds is 4. The van der Waals surface area contributed by atoms with E-state index < -0.39 is 10.0 Å². The van der Waals surface area contributed by atoms with Crippen molar-refractivity contribution in [1.82, 2.24) is 9.21 Å². The maximum absolute atomic E-state index is 12.4. The average Bonchev–Trinajstić information content (AvgIpc) is 2.54. The second-order valence-corrected chi connectivity index (χ2v) is 7.96. The lowest BCUT2D eigenvalue weighted by Gasteiger charge is -2.33. The van der Waals surface area contributed by atoms with E-state index in [0.29, 0.717) is 31.7 Å². The zero-order chi connectivity index (χ0) is 15.5. The summed E-state index contributed by atoms with van der Waals surface area (Å²) in [6, 6.07) is 7.50. The van der Waals surface area contributed by atoms with E-state index in [1.165, 1.54) is 4.31 Å². The van der Waals surface area contributed by atoms with Crippen LogP contribution in [-0.2, 0) is 10.0 Å². The van der Waals surface area contributed by atoms with E-state index in [9.17, 15) is 13.2 Å². The molecule has 1 aliphatic rings. The normalized spacial score (nSPS) is 17.0. The summed E-state index contributed by atoms with van der Waals surface area (Å²) >= 11 is 1.63. The van der Waals surface area contributed by atoms with Gasteiger partial charge < -0.3 is 4.90 Å². The van der Waals surface area contributed by atoms with Gasteiger partial charge in [-0.05, 0) is 37.4 Å². The van der Waals surface area contributed by atoms with Gasteiger partial charge in [-0.1, -0.05) is 0 Å². The standard InChI is InChI=1S/C14H20N2O3S2/c1-3-21(18,19)16-10-8-15(9-11-16)14(17)12-4-6-13(20-2)7-5-12/h4-7H,3,8-11H2,1-2H3. The van der Waals surface area contributed by atoms with Gasteiger partial charge in [0.25, 0.3) is 5.91 Å². The predicted octanol–water partition coefficient (Wildman–Crippen LogP) is 1.52. The highest BCUT2D eigenvalue weighted by Crippen LogP contribution is 2.17. The molecule has 2 rings (SSSR count). The molecule has 0 radical (unpaired) electrons. The van der Waals surface area contributed by atoms with Crippen LogP contribution in [0.25, 0.3) is 0 Å². The van der Waals surface area contributed by atoms with Crippen LogP contribution in [0.2, 0.25) is 0 Å². The summed E-state index contributed by atoms with van der Waals surface area (Å²) in [5.41, 5.74) is 0.652. The number of hydrogen-bond donors (Lipinski definition) is 0. The molecule has 116 valence electrons. The first kappa shape index (κ1) is 16.3. The number of carbonyl (C=O) groups excluding carboxylic acids is 1. The second-order valence-electron chi connectivity index (χ2n) is 4.82. The molecule has 0 bridgehead atoms. The Kier molecular flexibility index (Phi) is 5.29. The minimum absolute atomic E-state index is 0.0313. The largest absolute Gasteiger partial charge is 0.336 e.